The number of amides is 2. The van der Waals surface area contributed by atoms with Gasteiger partial charge in [0.2, 0.25) is 0 Å². The largest absolute Gasteiger partial charge is 0.364 e. The third-order valence-electron chi connectivity index (χ3n) is 4.84. The molecule has 2 aliphatic heterocycles. The molecule has 1 N–H and O–H groups in total. The van der Waals surface area contributed by atoms with Crippen molar-refractivity contribution in [3.8, 4) is 0 Å². The fourth-order valence-electron chi connectivity index (χ4n) is 3.25. The number of hydrogen-bond acceptors (Lipinski definition) is 6. The summed E-state index contributed by atoms with van der Waals surface area (Å²) >= 11 is 0. The minimum Gasteiger partial charge on any atom is -0.359 e. The highest BCUT2D eigenvalue weighted by Gasteiger charge is 2.38. The molecule has 4 rings (SSSR count). The maximum atomic E-state index is 12.7. The molecule has 1 aromatic heterocycles. The Kier molecular flexibility index (Phi) is 4.12. The summed E-state index contributed by atoms with van der Waals surface area (Å²) in [7, 11) is 0. The number of benzene rings is 1. The molecule has 0 atom stereocenters. The average molecular weight is 358 g/mol. The Hall–Kier alpha value is -2.52. The van der Waals surface area contributed by atoms with E-state index in [4.69, 9.17) is 4.74 Å². The predicted octanol–water partition coefficient (Wildman–Crippen LogP) is 0.513. The van der Waals surface area contributed by atoms with E-state index in [0.29, 0.717) is 36.3 Å². The van der Waals surface area contributed by atoms with Crippen LogP contribution in [0, 0.1) is 0 Å². The van der Waals surface area contributed by atoms with Gasteiger partial charge in [-0.15, -0.1) is 10.2 Å². The van der Waals surface area contributed by atoms with Gasteiger partial charge >= 0.3 is 6.03 Å². The van der Waals surface area contributed by atoms with Crippen LogP contribution in [0.3, 0.4) is 0 Å². The molecule has 3 heterocycles. The first-order valence-corrected chi connectivity index (χ1v) is 8.72. The normalized spacial score (nSPS) is 19.9. The van der Waals surface area contributed by atoms with Gasteiger partial charge in [-0.05, 0) is 32.0 Å². The second kappa shape index (κ2) is 6.33. The molecule has 9 heteroatoms. The third-order valence-corrected chi connectivity index (χ3v) is 4.84. The van der Waals surface area contributed by atoms with Gasteiger partial charge in [0.1, 0.15) is 17.8 Å². The number of hydrogen-bond donors (Lipinski definition) is 1. The van der Waals surface area contributed by atoms with Crippen LogP contribution in [-0.4, -0.2) is 81.8 Å². The van der Waals surface area contributed by atoms with E-state index in [2.05, 4.69) is 15.5 Å². The van der Waals surface area contributed by atoms with E-state index < -0.39 is 5.54 Å². The molecule has 2 aromatic rings. The van der Waals surface area contributed by atoms with Crippen molar-refractivity contribution >= 4 is 23.0 Å². The van der Waals surface area contributed by atoms with Crippen molar-refractivity contribution < 1.29 is 14.3 Å². The zero-order valence-corrected chi connectivity index (χ0v) is 14.9. The van der Waals surface area contributed by atoms with Gasteiger partial charge in [-0.2, -0.15) is 0 Å². The number of nitrogens with one attached hydrogen (secondary N) is 1. The lowest BCUT2D eigenvalue weighted by molar-refractivity contribution is 0.0736. The summed E-state index contributed by atoms with van der Waals surface area (Å²) < 4.78 is 5.39. The SMILES string of the molecule is CC1(C)COCN1C(=O)n1nc2ccc(C(=O)N3CCNCC3)cc2n1. The maximum Gasteiger partial charge on any atom is 0.364 e. The van der Waals surface area contributed by atoms with E-state index in [9.17, 15) is 9.59 Å². The van der Waals surface area contributed by atoms with E-state index >= 15 is 0 Å². The molecule has 0 radical (unpaired) electrons. The van der Waals surface area contributed by atoms with Gasteiger partial charge in [-0.25, -0.2) is 4.79 Å². The molecule has 2 saturated heterocycles. The lowest BCUT2D eigenvalue weighted by Crippen LogP contribution is -2.46. The highest BCUT2D eigenvalue weighted by Crippen LogP contribution is 2.22. The highest BCUT2D eigenvalue weighted by atomic mass is 16.5. The molecule has 2 aliphatic rings. The zero-order chi connectivity index (χ0) is 18.3. The Morgan fingerprint density at radius 1 is 1.15 bits per heavy atom. The summed E-state index contributed by atoms with van der Waals surface area (Å²) in [5.41, 5.74) is 1.26. The molecule has 1 aromatic carbocycles. The topological polar surface area (TPSA) is 92.6 Å². The number of nitrogens with zero attached hydrogens (tertiary/aromatic N) is 5. The van der Waals surface area contributed by atoms with Crippen LogP contribution in [0.1, 0.15) is 24.2 Å². The van der Waals surface area contributed by atoms with Gasteiger partial charge < -0.3 is 15.0 Å². The molecule has 0 spiro atoms. The van der Waals surface area contributed by atoms with Crippen LogP contribution in [0.4, 0.5) is 4.79 Å². The summed E-state index contributed by atoms with van der Waals surface area (Å²) in [6, 6.07) is 4.83. The third kappa shape index (κ3) is 2.93. The summed E-state index contributed by atoms with van der Waals surface area (Å²) in [6.07, 6.45) is 0. The smallest absolute Gasteiger partial charge is 0.359 e. The van der Waals surface area contributed by atoms with Crippen LogP contribution in [0.25, 0.3) is 11.0 Å². The molecular formula is C17H22N6O3. The Morgan fingerprint density at radius 3 is 2.58 bits per heavy atom. The predicted molar refractivity (Wildman–Crippen MR) is 93.8 cm³/mol. The van der Waals surface area contributed by atoms with Gasteiger partial charge in [0.25, 0.3) is 5.91 Å². The van der Waals surface area contributed by atoms with Crippen molar-refractivity contribution in [2.45, 2.75) is 19.4 Å². The molecule has 0 aliphatic carbocycles. The molecule has 2 fully saturated rings. The van der Waals surface area contributed by atoms with Gasteiger partial charge in [0, 0.05) is 31.7 Å². The first kappa shape index (κ1) is 16.9. The summed E-state index contributed by atoms with van der Waals surface area (Å²) in [5.74, 6) is -0.0247. The zero-order valence-electron chi connectivity index (χ0n) is 14.9. The molecule has 138 valence electrons. The molecule has 0 saturated carbocycles. The molecule has 0 unspecified atom stereocenters. The number of rotatable bonds is 1. The number of aromatic nitrogens is 3. The Labute approximate surface area is 150 Å². The first-order valence-electron chi connectivity index (χ1n) is 8.72. The molecule has 9 nitrogen and oxygen atoms in total. The Balaban J connectivity index is 1.59. The fraction of sp³-hybridized carbons (Fsp3) is 0.529. The lowest BCUT2D eigenvalue weighted by atomic mass is 10.1. The first-order chi connectivity index (χ1) is 12.5. The van der Waals surface area contributed by atoms with Crippen LogP contribution in [0.15, 0.2) is 18.2 Å². The second-order valence-corrected chi connectivity index (χ2v) is 7.24. The van der Waals surface area contributed by atoms with Crippen LogP contribution in [0.2, 0.25) is 0 Å². The summed E-state index contributed by atoms with van der Waals surface area (Å²) in [5, 5.41) is 11.8. The van der Waals surface area contributed by atoms with E-state index in [0.717, 1.165) is 17.9 Å². The number of fused-ring (bicyclic) bond motifs is 1. The van der Waals surface area contributed by atoms with Crippen LogP contribution in [0.5, 0.6) is 0 Å². The van der Waals surface area contributed by atoms with E-state index in [-0.39, 0.29) is 18.7 Å². The summed E-state index contributed by atoms with van der Waals surface area (Å²) in [4.78, 5) is 29.8. The Bertz CT molecular complexity index is 855. The summed E-state index contributed by atoms with van der Waals surface area (Å²) in [6.45, 7) is 7.53. The van der Waals surface area contributed by atoms with Crippen LogP contribution in [-0.2, 0) is 4.74 Å². The number of ether oxygens (including phenoxy) is 1. The van der Waals surface area contributed by atoms with Crippen LogP contribution < -0.4 is 5.32 Å². The van der Waals surface area contributed by atoms with E-state index in [1.54, 1.807) is 23.1 Å². The number of carbonyl (C=O) groups excluding carboxylic acids is 2. The van der Waals surface area contributed by atoms with Crippen molar-refractivity contribution in [1.29, 1.82) is 0 Å². The maximum absolute atomic E-state index is 12.7. The van der Waals surface area contributed by atoms with E-state index in [1.807, 2.05) is 18.7 Å². The fourth-order valence-corrected chi connectivity index (χ4v) is 3.25. The number of carbonyl (C=O) groups is 2. The quantitative estimate of drug-likeness (QED) is 0.799. The van der Waals surface area contributed by atoms with Crippen molar-refractivity contribution in [3.63, 3.8) is 0 Å². The molecule has 0 bridgehead atoms. The van der Waals surface area contributed by atoms with Gasteiger partial charge in [0.05, 0.1) is 12.1 Å². The van der Waals surface area contributed by atoms with Gasteiger partial charge in [-0.1, -0.05) is 4.80 Å². The van der Waals surface area contributed by atoms with Crippen molar-refractivity contribution in [2.75, 3.05) is 39.5 Å². The molecule has 2 amide bonds. The average Bonchev–Trinajstić information content (AvgIpc) is 3.23. The highest BCUT2D eigenvalue weighted by molar-refractivity contribution is 5.97. The van der Waals surface area contributed by atoms with Crippen molar-refractivity contribution in [2.24, 2.45) is 0 Å². The van der Waals surface area contributed by atoms with Crippen molar-refractivity contribution in [3.05, 3.63) is 23.8 Å². The van der Waals surface area contributed by atoms with E-state index in [1.165, 1.54) is 0 Å². The van der Waals surface area contributed by atoms with Crippen molar-refractivity contribution in [1.82, 2.24) is 30.1 Å². The standard InChI is InChI=1S/C17H22N6O3/c1-17(2)10-26-11-22(17)16(25)23-19-13-4-3-12(9-14(13)20-23)15(24)21-7-5-18-6-8-21/h3-4,9,18H,5-8,10-11H2,1-2H3. The molecular weight excluding hydrogens is 336 g/mol. The minimum atomic E-state index is -0.402. The Morgan fingerprint density at radius 2 is 1.88 bits per heavy atom. The van der Waals surface area contributed by atoms with Gasteiger partial charge in [0.15, 0.2) is 0 Å². The second-order valence-electron chi connectivity index (χ2n) is 7.24. The lowest BCUT2D eigenvalue weighted by Gasteiger charge is -2.27. The minimum absolute atomic E-state index is 0.0247. The monoisotopic (exact) mass is 358 g/mol. The molecule has 26 heavy (non-hydrogen) atoms. The van der Waals surface area contributed by atoms with Gasteiger partial charge in [-0.3, -0.25) is 9.69 Å². The van der Waals surface area contributed by atoms with Crippen LogP contribution >= 0.6 is 0 Å². The number of piperazine rings is 1.